The van der Waals surface area contributed by atoms with Gasteiger partial charge in [-0.1, -0.05) is 6.07 Å². The predicted octanol–water partition coefficient (Wildman–Crippen LogP) is 1.73. The van der Waals surface area contributed by atoms with E-state index in [1.54, 1.807) is 26.3 Å². The maximum atomic E-state index is 12.7. The molecule has 1 aromatic rings. The zero-order chi connectivity index (χ0) is 16.3. The molecule has 1 aliphatic rings. The van der Waals surface area contributed by atoms with Gasteiger partial charge in [0.1, 0.15) is 5.25 Å². The fourth-order valence-corrected chi connectivity index (χ4v) is 4.80. The van der Waals surface area contributed by atoms with Gasteiger partial charge in [0, 0.05) is 20.7 Å². The molecule has 1 N–H and O–H groups in total. The summed E-state index contributed by atoms with van der Waals surface area (Å²) in [6.07, 6.45) is 2.02. The number of ether oxygens (including phenoxy) is 2. The zero-order valence-electron chi connectivity index (χ0n) is 13.2. The van der Waals surface area contributed by atoms with E-state index in [0.29, 0.717) is 17.7 Å². The van der Waals surface area contributed by atoms with Crippen LogP contribution in [-0.4, -0.2) is 50.5 Å². The van der Waals surface area contributed by atoms with Crippen molar-refractivity contribution in [3.8, 4) is 11.5 Å². The lowest BCUT2D eigenvalue weighted by Crippen LogP contribution is -2.40. The molecule has 2 rings (SSSR count). The number of phenols is 1. The Labute approximate surface area is 131 Å². The van der Waals surface area contributed by atoms with Crippen molar-refractivity contribution in [3.05, 3.63) is 23.8 Å². The summed E-state index contributed by atoms with van der Waals surface area (Å²) in [5.41, 5.74) is 0.705. The van der Waals surface area contributed by atoms with Crippen molar-refractivity contribution in [1.82, 2.24) is 4.31 Å². The summed E-state index contributed by atoms with van der Waals surface area (Å²) in [4.78, 5) is 0. The first-order valence-corrected chi connectivity index (χ1v) is 8.74. The lowest BCUT2D eigenvalue weighted by Gasteiger charge is -2.25. The van der Waals surface area contributed by atoms with Crippen LogP contribution in [0.3, 0.4) is 0 Å². The molecule has 0 aliphatic heterocycles. The maximum absolute atomic E-state index is 12.7. The van der Waals surface area contributed by atoms with Crippen molar-refractivity contribution in [2.45, 2.75) is 37.2 Å². The number of sulfonamides is 1. The minimum absolute atomic E-state index is 0.00133. The summed E-state index contributed by atoms with van der Waals surface area (Å²) < 4.78 is 37.0. The average Bonchev–Trinajstić information content (AvgIpc) is 2.96. The van der Waals surface area contributed by atoms with Crippen LogP contribution in [0.15, 0.2) is 18.2 Å². The van der Waals surface area contributed by atoms with E-state index in [1.165, 1.54) is 17.5 Å². The summed E-state index contributed by atoms with van der Waals surface area (Å²) in [6, 6.07) is 4.89. The molecule has 7 heteroatoms. The van der Waals surface area contributed by atoms with E-state index in [9.17, 15) is 13.5 Å². The van der Waals surface area contributed by atoms with Crippen molar-refractivity contribution >= 4 is 10.0 Å². The van der Waals surface area contributed by atoms with E-state index in [4.69, 9.17) is 9.47 Å². The smallest absolute Gasteiger partial charge is 0.219 e. The molecule has 1 aromatic carbocycles. The molecule has 1 fully saturated rings. The van der Waals surface area contributed by atoms with Crippen molar-refractivity contribution in [3.63, 3.8) is 0 Å². The number of hydrogen-bond acceptors (Lipinski definition) is 5. The molecular formula is C15H23NO5S. The Hall–Kier alpha value is -1.31. The van der Waals surface area contributed by atoms with Crippen LogP contribution in [0.1, 0.15) is 24.8 Å². The summed E-state index contributed by atoms with van der Waals surface area (Å²) >= 11 is 0. The fourth-order valence-electron chi connectivity index (χ4n) is 2.91. The van der Waals surface area contributed by atoms with Gasteiger partial charge < -0.3 is 14.6 Å². The SMILES string of the molecule is COc1ccc(CN(C)S(=O)(=O)C2CCCC2OC)cc1O. The Bertz CT molecular complexity index is 616. The van der Waals surface area contributed by atoms with Crippen LogP contribution in [0.4, 0.5) is 0 Å². The molecule has 6 nitrogen and oxygen atoms in total. The van der Waals surface area contributed by atoms with Gasteiger partial charge in [0.25, 0.3) is 0 Å². The van der Waals surface area contributed by atoms with E-state index in [-0.39, 0.29) is 18.4 Å². The highest BCUT2D eigenvalue weighted by Gasteiger charge is 2.39. The van der Waals surface area contributed by atoms with Crippen LogP contribution in [0.25, 0.3) is 0 Å². The van der Waals surface area contributed by atoms with Crippen LogP contribution in [-0.2, 0) is 21.3 Å². The second-order valence-electron chi connectivity index (χ2n) is 5.55. The lowest BCUT2D eigenvalue weighted by atomic mass is 10.2. The highest BCUT2D eigenvalue weighted by atomic mass is 32.2. The highest BCUT2D eigenvalue weighted by molar-refractivity contribution is 7.89. The quantitative estimate of drug-likeness (QED) is 0.860. The van der Waals surface area contributed by atoms with E-state index >= 15 is 0 Å². The Morgan fingerprint density at radius 3 is 2.64 bits per heavy atom. The molecule has 22 heavy (non-hydrogen) atoms. The topological polar surface area (TPSA) is 76.1 Å². The third-order valence-corrected chi connectivity index (χ3v) is 6.46. The Morgan fingerprint density at radius 2 is 2.05 bits per heavy atom. The standard InChI is InChI=1S/C15H23NO5S/c1-16(10-11-7-8-13(20-2)12(17)9-11)22(18,19)15-6-4-5-14(15)21-3/h7-9,14-15,17H,4-6,10H2,1-3H3. The van der Waals surface area contributed by atoms with Crippen molar-refractivity contribution in [2.75, 3.05) is 21.3 Å². The molecule has 0 radical (unpaired) electrons. The number of rotatable bonds is 6. The second kappa shape index (κ2) is 6.85. The molecule has 124 valence electrons. The summed E-state index contributed by atoms with van der Waals surface area (Å²) in [6.45, 7) is 0.201. The molecular weight excluding hydrogens is 306 g/mol. The molecule has 0 heterocycles. The van der Waals surface area contributed by atoms with Gasteiger partial charge in [-0.15, -0.1) is 0 Å². The first-order valence-electron chi connectivity index (χ1n) is 7.24. The van der Waals surface area contributed by atoms with Gasteiger partial charge in [0.15, 0.2) is 11.5 Å². The van der Waals surface area contributed by atoms with E-state index in [2.05, 4.69) is 0 Å². The van der Waals surface area contributed by atoms with E-state index in [0.717, 1.165) is 12.8 Å². The average molecular weight is 329 g/mol. The third kappa shape index (κ3) is 3.37. The Morgan fingerprint density at radius 1 is 1.32 bits per heavy atom. The van der Waals surface area contributed by atoms with E-state index in [1.807, 2.05) is 0 Å². The minimum atomic E-state index is -3.43. The first kappa shape index (κ1) is 17.1. The first-order chi connectivity index (χ1) is 10.4. The summed E-state index contributed by atoms with van der Waals surface area (Å²) in [7, 11) is 1.15. The normalized spacial score (nSPS) is 22.2. The summed E-state index contributed by atoms with van der Waals surface area (Å²) in [5.74, 6) is 0.367. The second-order valence-corrected chi connectivity index (χ2v) is 7.81. The molecule has 0 spiro atoms. The molecule has 0 amide bonds. The van der Waals surface area contributed by atoms with Crippen molar-refractivity contribution in [1.29, 1.82) is 0 Å². The number of hydrogen-bond donors (Lipinski definition) is 1. The summed E-state index contributed by atoms with van der Waals surface area (Å²) in [5, 5.41) is 9.29. The molecule has 0 bridgehead atoms. The number of benzene rings is 1. The van der Waals surface area contributed by atoms with Gasteiger partial charge in [0.05, 0.1) is 13.2 Å². The van der Waals surface area contributed by atoms with Crippen LogP contribution in [0, 0.1) is 0 Å². The Kier molecular flexibility index (Phi) is 5.31. The van der Waals surface area contributed by atoms with Crippen LogP contribution in [0.2, 0.25) is 0 Å². The van der Waals surface area contributed by atoms with Crippen LogP contribution < -0.4 is 4.74 Å². The number of aromatic hydroxyl groups is 1. The molecule has 2 unspecified atom stereocenters. The third-order valence-electron chi connectivity index (χ3n) is 4.16. The highest BCUT2D eigenvalue weighted by Crippen LogP contribution is 2.31. The number of nitrogens with zero attached hydrogens (tertiary/aromatic N) is 1. The molecule has 2 atom stereocenters. The van der Waals surface area contributed by atoms with Gasteiger partial charge in [-0.05, 0) is 37.0 Å². The maximum Gasteiger partial charge on any atom is 0.219 e. The van der Waals surface area contributed by atoms with Gasteiger partial charge in [-0.3, -0.25) is 0 Å². The largest absolute Gasteiger partial charge is 0.504 e. The molecule has 0 aromatic heterocycles. The van der Waals surface area contributed by atoms with Crippen molar-refractivity contribution in [2.24, 2.45) is 0 Å². The monoisotopic (exact) mass is 329 g/mol. The zero-order valence-corrected chi connectivity index (χ0v) is 14.0. The van der Waals surface area contributed by atoms with Gasteiger partial charge in [0.2, 0.25) is 10.0 Å². The minimum Gasteiger partial charge on any atom is -0.504 e. The fraction of sp³-hybridized carbons (Fsp3) is 0.600. The molecule has 1 aliphatic carbocycles. The molecule has 0 saturated heterocycles. The predicted molar refractivity (Wildman–Crippen MR) is 83.5 cm³/mol. The van der Waals surface area contributed by atoms with Crippen LogP contribution in [0.5, 0.6) is 11.5 Å². The van der Waals surface area contributed by atoms with Crippen molar-refractivity contribution < 1.29 is 23.0 Å². The molecule has 1 saturated carbocycles. The van der Waals surface area contributed by atoms with Crippen LogP contribution >= 0.6 is 0 Å². The van der Waals surface area contributed by atoms with Gasteiger partial charge in [-0.2, -0.15) is 0 Å². The number of phenolic OH excluding ortho intramolecular Hbond substituents is 1. The van der Waals surface area contributed by atoms with E-state index < -0.39 is 15.3 Å². The van der Waals surface area contributed by atoms with Gasteiger partial charge >= 0.3 is 0 Å². The lowest BCUT2D eigenvalue weighted by molar-refractivity contribution is 0.110. The Balaban J connectivity index is 2.14. The number of methoxy groups -OCH3 is 2. The van der Waals surface area contributed by atoms with Gasteiger partial charge in [-0.25, -0.2) is 12.7 Å².